The van der Waals surface area contributed by atoms with E-state index < -0.39 is 26.1 Å². The Hall–Kier alpha value is -3.13. The largest absolute Gasteiger partial charge is 0.332 e. The van der Waals surface area contributed by atoms with E-state index in [1.54, 1.807) is 6.08 Å². The molecule has 0 fully saturated rings. The van der Waals surface area contributed by atoms with Gasteiger partial charge in [-0.25, -0.2) is 36.3 Å². The van der Waals surface area contributed by atoms with Crippen LogP contribution in [0.3, 0.4) is 0 Å². The van der Waals surface area contributed by atoms with Crippen molar-refractivity contribution in [2.75, 3.05) is 56.1 Å². The Morgan fingerprint density at radius 3 is 1.50 bits per heavy atom. The highest BCUT2D eigenvalue weighted by molar-refractivity contribution is 7.90. The molecule has 0 heterocycles. The molecular weight excluding hydrogens is 701 g/mol. The van der Waals surface area contributed by atoms with E-state index in [0.29, 0.717) is 13.1 Å². The Balaban J connectivity index is 0.000000196. The summed E-state index contributed by atoms with van der Waals surface area (Å²) in [5.41, 5.74) is 12.3. The highest BCUT2D eigenvalue weighted by Crippen LogP contribution is 2.40. The SMILES string of the molecule is CCN(CC)CCS(=O)(=O)NC(=O)Nc1c2c(cc3c1CCC3)CCC2.CCN(CC)CCS(N)(=O)=O.O=C=Nc1c2c(cc3c1CCC3)CCC2. The number of benzene rings is 2. The molecular formula is C38H58N6O6S2. The van der Waals surface area contributed by atoms with Gasteiger partial charge in [0.25, 0.3) is 0 Å². The maximum absolute atomic E-state index is 12.4. The lowest BCUT2D eigenvalue weighted by molar-refractivity contribution is 0.256. The zero-order valence-electron chi connectivity index (χ0n) is 31.5. The van der Waals surface area contributed by atoms with Gasteiger partial charge in [-0.05, 0) is 148 Å². The first-order valence-electron chi connectivity index (χ1n) is 19.0. The molecule has 12 nitrogen and oxygen atoms in total. The van der Waals surface area contributed by atoms with Crippen LogP contribution >= 0.6 is 0 Å². The first kappa shape index (κ1) is 41.6. The van der Waals surface area contributed by atoms with Crippen LogP contribution in [-0.4, -0.2) is 89.5 Å². The Bertz CT molecular complexity index is 1770. The average Bonchev–Trinajstić information content (AvgIpc) is 3.93. The van der Waals surface area contributed by atoms with Gasteiger partial charge in [0, 0.05) is 18.8 Å². The van der Waals surface area contributed by atoms with Crippen molar-refractivity contribution in [3.63, 3.8) is 0 Å². The second kappa shape index (κ2) is 19.3. The van der Waals surface area contributed by atoms with Gasteiger partial charge in [-0.3, -0.25) is 0 Å². The standard InChI is InChI=1S/C19H29N3O3S.C13H13NO.C6H16N2O2S/c1-3-22(4-2)11-12-26(24,25)21-19(23)20-18-16-9-5-7-14(16)13-15-8-6-10-17(15)18;15-8-14-13-11-5-1-3-9(11)7-10-4-2-6-12(10)13;1-3-8(4-2)5-6-11(7,9)10/h13H,3-12H2,1-2H3,(H2,20,21,23);7H,1-6H2;3-6H2,1-2H3,(H2,7,9,10). The number of anilines is 1. The molecule has 0 unspecified atom stereocenters. The van der Waals surface area contributed by atoms with Gasteiger partial charge in [-0.2, -0.15) is 4.99 Å². The second-order valence-corrected chi connectivity index (χ2v) is 17.5. The number of aliphatic imine (C=N–C) groups is 1. The molecule has 0 aromatic heterocycles. The third-order valence-electron chi connectivity index (χ3n) is 10.7. The van der Waals surface area contributed by atoms with Crippen molar-refractivity contribution >= 4 is 43.5 Å². The van der Waals surface area contributed by atoms with Gasteiger partial charge >= 0.3 is 6.03 Å². The smallest absolute Gasteiger partial charge is 0.307 e. The van der Waals surface area contributed by atoms with Crippen LogP contribution in [0.5, 0.6) is 0 Å². The minimum absolute atomic E-state index is 0.0503. The third-order valence-corrected chi connectivity index (χ3v) is 12.7. The normalized spacial score (nSPS) is 15.4. The van der Waals surface area contributed by atoms with Crippen LogP contribution in [0.4, 0.5) is 16.2 Å². The number of primary sulfonamides is 1. The van der Waals surface area contributed by atoms with Crippen LogP contribution in [0, 0.1) is 0 Å². The lowest BCUT2D eigenvalue weighted by Gasteiger charge is -2.19. The Morgan fingerprint density at radius 2 is 1.10 bits per heavy atom. The summed E-state index contributed by atoms with van der Waals surface area (Å²) in [6, 6.07) is 3.99. The average molecular weight is 759 g/mol. The fourth-order valence-corrected chi connectivity index (χ4v) is 9.30. The minimum Gasteiger partial charge on any atom is -0.307 e. The second-order valence-electron chi connectivity index (χ2n) is 13.9. The lowest BCUT2D eigenvalue weighted by atomic mass is 9.99. The first-order chi connectivity index (χ1) is 24.8. The minimum atomic E-state index is -3.65. The molecule has 4 N–H and O–H groups in total. The molecule has 0 radical (unpaired) electrons. The summed E-state index contributed by atoms with van der Waals surface area (Å²) in [4.78, 5) is 30.9. The highest BCUT2D eigenvalue weighted by atomic mass is 32.2. The summed E-state index contributed by atoms with van der Waals surface area (Å²) in [7, 11) is -6.93. The van der Waals surface area contributed by atoms with Crippen LogP contribution < -0.4 is 15.2 Å². The zero-order valence-corrected chi connectivity index (χ0v) is 33.1. The Morgan fingerprint density at radius 1 is 0.692 bits per heavy atom. The third kappa shape index (κ3) is 11.4. The molecule has 0 saturated carbocycles. The summed E-state index contributed by atoms with van der Waals surface area (Å²) in [5.74, 6) is -0.0260. The van der Waals surface area contributed by atoms with E-state index in [0.717, 1.165) is 102 Å². The number of urea groups is 1. The number of carbonyl (C=O) groups is 1. The van der Waals surface area contributed by atoms with E-state index in [9.17, 15) is 26.4 Å². The molecule has 4 aliphatic rings. The quantitative estimate of drug-likeness (QED) is 0.195. The molecule has 2 aromatic rings. The van der Waals surface area contributed by atoms with Crippen molar-refractivity contribution in [2.24, 2.45) is 10.1 Å². The van der Waals surface area contributed by atoms with Crippen LogP contribution in [-0.2, 0) is 76.2 Å². The van der Waals surface area contributed by atoms with Crippen LogP contribution in [0.25, 0.3) is 0 Å². The number of amides is 2. The van der Waals surface area contributed by atoms with Crippen LogP contribution in [0.2, 0.25) is 0 Å². The number of hydrogen-bond acceptors (Lipinski definition) is 9. The van der Waals surface area contributed by atoms with Gasteiger partial charge in [-0.15, -0.1) is 0 Å². The molecule has 52 heavy (non-hydrogen) atoms. The van der Waals surface area contributed by atoms with E-state index in [2.05, 4.69) is 27.2 Å². The van der Waals surface area contributed by atoms with Gasteiger partial charge in [-0.1, -0.05) is 39.8 Å². The van der Waals surface area contributed by atoms with Gasteiger partial charge in [0.05, 0.1) is 17.2 Å². The summed E-state index contributed by atoms with van der Waals surface area (Å²) < 4.78 is 47.7. The molecule has 0 saturated heterocycles. The number of nitrogens with two attached hydrogens (primary N) is 1. The zero-order chi connectivity index (χ0) is 37.9. The fourth-order valence-electron chi connectivity index (χ4n) is 7.85. The maximum Gasteiger partial charge on any atom is 0.332 e. The molecule has 0 spiro atoms. The topological polar surface area (TPSA) is 171 Å². The number of nitrogens with one attached hydrogen (secondary N) is 2. The number of aryl methyl sites for hydroxylation is 4. The van der Waals surface area contributed by atoms with E-state index in [1.807, 2.05) is 37.5 Å². The summed E-state index contributed by atoms with van der Waals surface area (Å²) in [6.07, 6.45) is 14.8. The van der Waals surface area contributed by atoms with E-state index >= 15 is 0 Å². The maximum atomic E-state index is 12.4. The first-order valence-corrected chi connectivity index (χ1v) is 22.4. The van der Waals surface area contributed by atoms with E-state index in [1.165, 1.54) is 57.3 Å². The van der Waals surface area contributed by atoms with Crippen molar-refractivity contribution in [1.29, 1.82) is 0 Å². The van der Waals surface area contributed by atoms with E-state index in [-0.39, 0.29) is 11.5 Å². The highest BCUT2D eigenvalue weighted by Gasteiger charge is 2.26. The molecule has 6 rings (SSSR count). The number of carbonyl (C=O) groups excluding carboxylic acids is 2. The summed E-state index contributed by atoms with van der Waals surface area (Å²) in [5, 5.41) is 7.71. The van der Waals surface area contributed by atoms with Crippen molar-refractivity contribution in [2.45, 2.75) is 105 Å². The fraction of sp³-hybridized carbons (Fsp3) is 0.632. The van der Waals surface area contributed by atoms with Crippen LogP contribution in [0.1, 0.15) is 97.9 Å². The van der Waals surface area contributed by atoms with Crippen molar-refractivity contribution < 1.29 is 26.4 Å². The number of hydrogen-bond donors (Lipinski definition) is 3. The Kier molecular flexibility index (Phi) is 15.4. The number of isocyanates is 1. The number of nitrogens with zero attached hydrogens (tertiary/aromatic N) is 3. The molecule has 4 aliphatic carbocycles. The van der Waals surface area contributed by atoms with E-state index in [4.69, 9.17) is 5.14 Å². The van der Waals surface area contributed by atoms with Gasteiger partial charge in [0.15, 0.2) is 0 Å². The van der Waals surface area contributed by atoms with Gasteiger partial charge in [0.2, 0.25) is 26.1 Å². The number of sulfonamides is 2. The summed E-state index contributed by atoms with van der Waals surface area (Å²) in [6.45, 7) is 12.2. The van der Waals surface area contributed by atoms with Crippen molar-refractivity contribution in [3.8, 4) is 0 Å². The molecule has 0 aliphatic heterocycles. The number of rotatable bonds is 13. The van der Waals surface area contributed by atoms with Gasteiger partial charge < -0.3 is 15.1 Å². The van der Waals surface area contributed by atoms with Crippen LogP contribution in [0.15, 0.2) is 17.1 Å². The predicted molar refractivity (Wildman–Crippen MR) is 208 cm³/mol. The molecule has 0 atom stereocenters. The molecule has 14 heteroatoms. The predicted octanol–water partition coefficient (Wildman–Crippen LogP) is 4.71. The summed E-state index contributed by atoms with van der Waals surface area (Å²) >= 11 is 0. The Labute approximate surface area is 311 Å². The lowest BCUT2D eigenvalue weighted by Crippen LogP contribution is -2.39. The van der Waals surface area contributed by atoms with Crippen molar-refractivity contribution in [1.82, 2.24) is 14.5 Å². The molecule has 288 valence electrons. The van der Waals surface area contributed by atoms with Gasteiger partial charge in [0.1, 0.15) is 0 Å². The molecule has 2 amide bonds. The number of fused-ring (bicyclic) bond motifs is 4. The van der Waals surface area contributed by atoms with Crippen molar-refractivity contribution in [3.05, 3.63) is 56.6 Å². The molecule has 0 bridgehead atoms. The monoisotopic (exact) mass is 758 g/mol. The molecule has 2 aromatic carbocycles.